The van der Waals surface area contributed by atoms with E-state index in [2.05, 4.69) is 6.58 Å². The molecule has 0 bridgehead atoms. The second kappa shape index (κ2) is 3.34. The van der Waals surface area contributed by atoms with Crippen LogP contribution >= 0.6 is 0 Å². The van der Waals surface area contributed by atoms with Crippen LogP contribution in [0, 0.1) is 22.7 Å². The van der Waals surface area contributed by atoms with Crippen LogP contribution in [0.2, 0.25) is 0 Å². The van der Waals surface area contributed by atoms with Crippen LogP contribution in [0.1, 0.15) is 27.2 Å². The molecule has 1 aliphatic heterocycles. The number of carboxylic acids is 1. The number of hydrogen-bond acceptors (Lipinski definition) is 3. The van der Waals surface area contributed by atoms with E-state index in [9.17, 15) is 9.59 Å². The third kappa shape index (κ3) is 1.24. The molecule has 0 aromatic rings. The SMILES string of the molecule is C=C1[C@H](CC(=O)O)[C@@H](C)[C@@]2(C)C(=O)OC[C@@]12C. The number of aliphatic carboxylic acids is 1. The summed E-state index contributed by atoms with van der Waals surface area (Å²) in [6, 6.07) is 0. The van der Waals surface area contributed by atoms with Gasteiger partial charge in [0.05, 0.1) is 11.8 Å². The topological polar surface area (TPSA) is 63.6 Å². The maximum atomic E-state index is 12.0. The molecule has 1 aliphatic carbocycles. The number of ether oxygens (including phenoxy) is 1. The molecule has 0 amide bonds. The first kappa shape index (κ1) is 12.1. The van der Waals surface area contributed by atoms with Gasteiger partial charge in [-0.3, -0.25) is 9.59 Å². The van der Waals surface area contributed by atoms with Gasteiger partial charge in [-0.25, -0.2) is 0 Å². The Morgan fingerprint density at radius 3 is 2.65 bits per heavy atom. The predicted molar refractivity (Wildman–Crippen MR) is 61.2 cm³/mol. The van der Waals surface area contributed by atoms with Crippen molar-refractivity contribution in [3.8, 4) is 0 Å². The molecule has 4 atom stereocenters. The normalized spacial score (nSPS) is 44.6. The van der Waals surface area contributed by atoms with E-state index in [1.54, 1.807) is 0 Å². The number of carbonyl (C=O) groups is 2. The molecule has 2 rings (SSSR count). The van der Waals surface area contributed by atoms with E-state index < -0.39 is 16.8 Å². The van der Waals surface area contributed by atoms with E-state index in [1.165, 1.54) is 0 Å². The molecule has 2 fully saturated rings. The standard InChI is InChI=1S/C13H18O4/c1-7-9(5-10(14)15)8(2)13(4)11(16)17-6-12(7,13)3/h8-9H,1,5-6H2,2-4H3,(H,14,15)/t8-,9+,12+,13+/m1/s1. The first-order valence-electron chi connectivity index (χ1n) is 5.83. The molecule has 2 aliphatic rings. The van der Waals surface area contributed by atoms with Gasteiger partial charge in [0.25, 0.3) is 0 Å². The van der Waals surface area contributed by atoms with Crippen molar-refractivity contribution in [3.63, 3.8) is 0 Å². The third-order valence-corrected chi connectivity index (χ3v) is 5.13. The van der Waals surface area contributed by atoms with Crippen LogP contribution in [-0.4, -0.2) is 23.7 Å². The molecule has 4 heteroatoms. The second-order valence-electron chi connectivity index (χ2n) is 5.63. The summed E-state index contributed by atoms with van der Waals surface area (Å²) < 4.78 is 5.17. The largest absolute Gasteiger partial charge is 0.481 e. The Balaban J connectivity index is 2.44. The van der Waals surface area contributed by atoms with Crippen molar-refractivity contribution in [3.05, 3.63) is 12.2 Å². The zero-order chi connectivity index (χ0) is 13.0. The number of carbonyl (C=O) groups excluding carboxylic acids is 1. The van der Waals surface area contributed by atoms with Crippen LogP contribution in [0.25, 0.3) is 0 Å². The van der Waals surface area contributed by atoms with Crippen molar-refractivity contribution in [2.24, 2.45) is 22.7 Å². The fraction of sp³-hybridized carbons (Fsp3) is 0.692. The van der Waals surface area contributed by atoms with Crippen molar-refractivity contribution in [2.45, 2.75) is 27.2 Å². The molecular formula is C13H18O4. The summed E-state index contributed by atoms with van der Waals surface area (Å²) in [7, 11) is 0. The van der Waals surface area contributed by atoms with Gasteiger partial charge >= 0.3 is 11.9 Å². The van der Waals surface area contributed by atoms with Gasteiger partial charge in [-0.2, -0.15) is 0 Å². The van der Waals surface area contributed by atoms with Gasteiger partial charge in [0.15, 0.2) is 0 Å². The van der Waals surface area contributed by atoms with Crippen LogP contribution < -0.4 is 0 Å². The Morgan fingerprint density at radius 1 is 1.59 bits per heavy atom. The number of carboxylic acid groups (broad SMARTS) is 1. The molecule has 1 saturated carbocycles. The Bertz CT molecular complexity index is 414. The van der Waals surface area contributed by atoms with Gasteiger partial charge < -0.3 is 9.84 Å². The van der Waals surface area contributed by atoms with Crippen molar-refractivity contribution >= 4 is 11.9 Å². The van der Waals surface area contributed by atoms with Gasteiger partial charge in [-0.15, -0.1) is 0 Å². The number of rotatable bonds is 2. The smallest absolute Gasteiger partial charge is 0.313 e. The lowest BCUT2D eigenvalue weighted by atomic mass is 9.66. The monoisotopic (exact) mass is 238 g/mol. The van der Waals surface area contributed by atoms with Crippen LogP contribution in [0.5, 0.6) is 0 Å². The summed E-state index contributed by atoms with van der Waals surface area (Å²) in [5, 5.41) is 8.95. The van der Waals surface area contributed by atoms with Crippen molar-refractivity contribution in [2.75, 3.05) is 6.61 Å². The molecule has 0 aromatic heterocycles. The van der Waals surface area contributed by atoms with Gasteiger partial charge in [0, 0.05) is 5.41 Å². The molecule has 0 aromatic carbocycles. The minimum atomic E-state index is -0.844. The van der Waals surface area contributed by atoms with Gasteiger partial charge in [0.2, 0.25) is 0 Å². The van der Waals surface area contributed by atoms with Crippen molar-refractivity contribution < 1.29 is 19.4 Å². The predicted octanol–water partition coefficient (Wildman–Crippen LogP) is 1.85. The lowest BCUT2D eigenvalue weighted by Gasteiger charge is -2.32. The van der Waals surface area contributed by atoms with Crippen molar-refractivity contribution in [1.29, 1.82) is 0 Å². The van der Waals surface area contributed by atoms with E-state index in [4.69, 9.17) is 9.84 Å². The first-order valence-corrected chi connectivity index (χ1v) is 5.83. The fourth-order valence-electron chi connectivity index (χ4n) is 3.45. The van der Waals surface area contributed by atoms with Gasteiger partial charge in [0.1, 0.15) is 6.61 Å². The molecule has 0 radical (unpaired) electrons. The minimum Gasteiger partial charge on any atom is -0.481 e. The lowest BCUT2D eigenvalue weighted by Crippen LogP contribution is -2.38. The van der Waals surface area contributed by atoms with E-state index in [-0.39, 0.29) is 24.2 Å². The lowest BCUT2D eigenvalue weighted by molar-refractivity contribution is -0.149. The molecule has 17 heavy (non-hydrogen) atoms. The molecule has 1 N–H and O–H groups in total. The van der Waals surface area contributed by atoms with Gasteiger partial charge in [-0.1, -0.05) is 26.0 Å². The number of esters is 1. The summed E-state index contributed by atoms with van der Waals surface area (Å²) in [5.41, 5.74) is -0.214. The average molecular weight is 238 g/mol. The number of hydrogen-bond donors (Lipinski definition) is 1. The molecule has 0 unspecified atom stereocenters. The van der Waals surface area contributed by atoms with Crippen LogP contribution in [0.4, 0.5) is 0 Å². The van der Waals surface area contributed by atoms with Gasteiger partial charge in [-0.05, 0) is 18.8 Å². The summed E-state index contributed by atoms with van der Waals surface area (Å²) in [4.78, 5) is 22.9. The number of cyclic esters (lactones) is 1. The summed E-state index contributed by atoms with van der Waals surface area (Å²) in [6.07, 6.45) is 0.0401. The van der Waals surface area contributed by atoms with Crippen molar-refractivity contribution in [1.82, 2.24) is 0 Å². The van der Waals surface area contributed by atoms with E-state index in [0.29, 0.717) is 6.61 Å². The summed E-state index contributed by atoms with van der Waals surface area (Å²) in [6.45, 7) is 10.1. The van der Waals surface area contributed by atoms with Crippen LogP contribution in [0.15, 0.2) is 12.2 Å². The highest BCUT2D eigenvalue weighted by Crippen LogP contribution is 2.65. The summed E-state index contributed by atoms with van der Waals surface area (Å²) >= 11 is 0. The maximum Gasteiger partial charge on any atom is 0.313 e. The average Bonchev–Trinajstić information content (AvgIpc) is 2.56. The molecule has 1 heterocycles. The molecule has 0 spiro atoms. The third-order valence-electron chi connectivity index (χ3n) is 5.13. The Hall–Kier alpha value is -1.32. The van der Waals surface area contributed by atoms with E-state index in [0.717, 1.165) is 5.57 Å². The Morgan fingerprint density at radius 2 is 2.18 bits per heavy atom. The second-order valence-corrected chi connectivity index (χ2v) is 5.63. The maximum absolute atomic E-state index is 12.0. The summed E-state index contributed by atoms with van der Waals surface area (Å²) in [5.74, 6) is -1.26. The Labute approximate surface area is 101 Å². The van der Waals surface area contributed by atoms with Crippen LogP contribution in [0.3, 0.4) is 0 Å². The highest BCUT2D eigenvalue weighted by atomic mass is 16.5. The minimum absolute atomic E-state index is 0.0401. The fourth-order valence-corrected chi connectivity index (χ4v) is 3.45. The highest BCUT2D eigenvalue weighted by molar-refractivity contribution is 5.83. The molecule has 4 nitrogen and oxygen atoms in total. The zero-order valence-corrected chi connectivity index (χ0v) is 10.4. The van der Waals surface area contributed by atoms with E-state index in [1.807, 2.05) is 20.8 Å². The van der Waals surface area contributed by atoms with E-state index >= 15 is 0 Å². The zero-order valence-electron chi connectivity index (χ0n) is 10.4. The van der Waals surface area contributed by atoms with Crippen LogP contribution in [-0.2, 0) is 14.3 Å². The Kier molecular flexibility index (Phi) is 2.39. The molecular weight excluding hydrogens is 220 g/mol. The molecule has 1 saturated heterocycles. The highest BCUT2D eigenvalue weighted by Gasteiger charge is 2.68. The quantitative estimate of drug-likeness (QED) is 0.589. The first-order chi connectivity index (χ1) is 7.75. The number of fused-ring (bicyclic) bond motifs is 1. The molecule has 94 valence electrons.